The van der Waals surface area contributed by atoms with Gasteiger partial charge in [-0.25, -0.2) is 4.98 Å². The molecule has 0 radical (unpaired) electrons. The Morgan fingerprint density at radius 2 is 1.79 bits per heavy atom. The first kappa shape index (κ1) is 15.1. The van der Waals surface area contributed by atoms with Crippen LogP contribution in [0.15, 0.2) is 66.2 Å². The predicted molar refractivity (Wildman–Crippen MR) is 99.9 cm³/mol. The van der Waals surface area contributed by atoms with Gasteiger partial charge in [0.05, 0.1) is 12.2 Å². The van der Waals surface area contributed by atoms with E-state index < -0.39 is 0 Å². The number of halogens is 1. The summed E-state index contributed by atoms with van der Waals surface area (Å²) in [5.74, 6) is 0.771. The first-order chi connectivity index (χ1) is 11.8. The van der Waals surface area contributed by atoms with E-state index in [9.17, 15) is 0 Å². The van der Waals surface area contributed by atoms with Crippen LogP contribution in [-0.4, -0.2) is 15.0 Å². The third kappa shape index (κ3) is 2.96. The summed E-state index contributed by atoms with van der Waals surface area (Å²) in [4.78, 5) is 14.4. The second-order valence-corrected chi connectivity index (χ2v) is 7.35. The van der Waals surface area contributed by atoms with Crippen LogP contribution in [0.25, 0.3) is 15.1 Å². The molecular weight excluding hydrogens is 340 g/mol. The van der Waals surface area contributed by atoms with Crippen molar-refractivity contribution in [2.75, 3.05) is 5.32 Å². The van der Waals surface area contributed by atoms with Crippen LogP contribution in [0, 0.1) is 0 Å². The molecular formula is C18H14ClN4S+. The molecule has 6 heteroatoms. The van der Waals surface area contributed by atoms with Crippen molar-refractivity contribution >= 4 is 38.1 Å². The van der Waals surface area contributed by atoms with E-state index in [4.69, 9.17) is 11.6 Å². The highest BCUT2D eigenvalue weighted by atomic mass is 35.5. The lowest BCUT2D eigenvalue weighted by Gasteiger charge is -2.05. The van der Waals surface area contributed by atoms with Crippen molar-refractivity contribution < 1.29 is 0 Å². The van der Waals surface area contributed by atoms with Crippen LogP contribution in [0.5, 0.6) is 0 Å². The maximum Gasteiger partial charge on any atom is 0.247 e. The molecule has 1 unspecified atom stereocenters. The van der Waals surface area contributed by atoms with Crippen molar-refractivity contribution in [2.45, 2.75) is 6.54 Å². The minimum absolute atomic E-state index is 0.190. The van der Waals surface area contributed by atoms with E-state index in [0.29, 0.717) is 6.54 Å². The Balaban J connectivity index is 1.77. The first-order valence-electron chi connectivity index (χ1n) is 7.49. The smallest absolute Gasteiger partial charge is 0.247 e. The van der Waals surface area contributed by atoms with Gasteiger partial charge in [0.15, 0.2) is 10.7 Å². The number of anilines is 1. The van der Waals surface area contributed by atoms with Gasteiger partial charge in [-0.3, -0.25) is 4.98 Å². The number of nitrogens with zero attached hydrogens (tertiary/aromatic N) is 3. The highest BCUT2D eigenvalue weighted by molar-refractivity contribution is 7.44. The molecule has 0 bridgehead atoms. The van der Waals surface area contributed by atoms with Gasteiger partial charge < -0.3 is 5.32 Å². The molecule has 0 aliphatic carbocycles. The van der Waals surface area contributed by atoms with Crippen LogP contribution in [0.2, 0.25) is 5.28 Å². The van der Waals surface area contributed by atoms with Crippen molar-refractivity contribution in [3.63, 3.8) is 0 Å². The number of pyridine rings is 1. The number of thiophene rings is 1. The van der Waals surface area contributed by atoms with E-state index in [1.165, 1.54) is 4.90 Å². The minimum Gasteiger partial charge on any atom is -0.360 e. The summed E-state index contributed by atoms with van der Waals surface area (Å²) < 4.78 is 1.08. The van der Waals surface area contributed by atoms with Crippen LogP contribution in [0.1, 0.15) is 5.69 Å². The van der Waals surface area contributed by atoms with E-state index >= 15 is 0 Å². The summed E-state index contributed by atoms with van der Waals surface area (Å²) in [6, 6.07) is 18.2. The maximum absolute atomic E-state index is 6.10. The highest BCUT2D eigenvalue weighted by Gasteiger charge is 2.22. The molecule has 4 rings (SSSR count). The van der Waals surface area contributed by atoms with Crippen molar-refractivity contribution in [2.24, 2.45) is 0 Å². The van der Waals surface area contributed by atoms with Crippen LogP contribution in [0.3, 0.4) is 0 Å². The Bertz CT molecular complexity index is 970. The van der Waals surface area contributed by atoms with Gasteiger partial charge in [0.2, 0.25) is 9.98 Å². The average Bonchev–Trinajstić information content (AvgIpc) is 3.05. The molecule has 118 valence electrons. The Hall–Kier alpha value is -2.50. The third-order valence-corrected chi connectivity index (χ3v) is 5.81. The number of fused-ring (bicyclic) bond motifs is 1. The van der Waals surface area contributed by atoms with E-state index in [1.807, 2.05) is 42.5 Å². The topological polar surface area (TPSA) is 50.7 Å². The van der Waals surface area contributed by atoms with Crippen LogP contribution >= 0.6 is 22.1 Å². The summed E-state index contributed by atoms with van der Waals surface area (Å²) in [5, 5.41) is 5.78. The zero-order valence-electron chi connectivity index (χ0n) is 12.7. The molecule has 3 heterocycles. The lowest BCUT2D eigenvalue weighted by atomic mass is 10.3. The Labute approximate surface area is 147 Å². The van der Waals surface area contributed by atoms with Crippen molar-refractivity contribution in [3.8, 4) is 4.90 Å². The molecule has 0 amide bonds. The number of hydrogen-bond acceptors (Lipinski definition) is 4. The van der Waals surface area contributed by atoms with Crippen LogP contribution < -0.4 is 5.32 Å². The normalized spacial score (nSPS) is 11.6. The summed E-state index contributed by atoms with van der Waals surface area (Å²) in [5.41, 5.74) is 1.83. The van der Waals surface area contributed by atoms with E-state index in [0.717, 1.165) is 21.7 Å². The number of hydrogen-bond donors (Lipinski definition) is 1. The van der Waals surface area contributed by atoms with Crippen LogP contribution in [0.4, 0.5) is 5.82 Å². The lowest BCUT2D eigenvalue weighted by molar-refractivity contribution is 1.03. The molecule has 0 aliphatic rings. The largest absolute Gasteiger partial charge is 0.360 e. The molecule has 24 heavy (non-hydrogen) atoms. The van der Waals surface area contributed by atoms with Gasteiger partial charge in [-0.2, -0.15) is 4.98 Å². The van der Waals surface area contributed by atoms with Gasteiger partial charge in [0, 0.05) is 22.7 Å². The van der Waals surface area contributed by atoms with Gasteiger partial charge in [0.25, 0.3) is 0 Å². The highest BCUT2D eigenvalue weighted by Crippen LogP contribution is 2.42. The zero-order chi connectivity index (χ0) is 16.4. The number of rotatable bonds is 4. The predicted octanol–water partition coefficient (Wildman–Crippen LogP) is 5.03. The van der Waals surface area contributed by atoms with Crippen molar-refractivity contribution in [1.82, 2.24) is 15.0 Å². The molecule has 0 aliphatic heterocycles. The second kappa shape index (κ2) is 6.55. The third-order valence-electron chi connectivity index (χ3n) is 3.61. The summed E-state index contributed by atoms with van der Waals surface area (Å²) in [6.07, 6.45) is 1.78. The number of nitrogens with one attached hydrogen (secondary N) is 1. The molecule has 4 nitrogen and oxygen atoms in total. The second-order valence-electron chi connectivity index (χ2n) is 5.18. The van der Waals surface area contributed by atoms with Crippen molar-refractivity contribution in [1.29, 1.82) is 0 Å². The monoisotopic (exact) mass is 353 g/mol. The molecule has 0 fully saturated rings. The van der Waals surface area contributed by atoms with Crippen LogP contribution in [-0.2, 0) is 6.54 Å². The SMILES string of the molecule is Clc1nc(NCc2ccccn2)c2c(cc[s+]2-c2ccccc2)n1. The van der Waals surface area contributed by atoms with E-state index in [-0.39, 0.29) is 15.8 Å². The molecule has 4 aromatic rings. The molecule has 0 saturated carbocycles. The molecule has 1 atom stereocenters. The standard InChI is InChI=1S/C18H14ClN4S/c19-18-22-15-9-11-24(14-7-2-1-3-8-14)16(15)17(23-18)21-12-13-6-4-5-10-20-13/h1-11H,12H2,(H,21,22,23)/q+1. The van der Waals surface area contributed by atoms with Gasteiger partial charge >= 0.3 is 0 Å². The quantitative estimate of drug-likeness (QED) is 0.413. The summed E-state index contributed by atoms with van der Waals surface area (Å²) in [6.45, 7) is 0.590. The fourth-order valence-electron chi connectivity index (χ4n) is 2.53. The molecule has 0 saturated heterocycles. The van der Waals surface area contributed by atoms with E-state index in [2.05, 4.69) is 37.8 Å². The number of aromatic nitrogens is 3. The molecule has 1 N–H and O–H groups in total. The Morgan fingerprint density at radius 3 is 2.58 bits per heavy atom. The first-order valence-corrected chi connectivity index (χ1v) is 9.15. The van der Waals surface area contributed by atoms with Gasteiger partial charge in [-0.05, 0) is 35.9 Å². The minimum atomic E-state index is -0.190. The van der Waals surface area contributed by atoms with E-state index in [1.54, 1.807) is 6.20 Å². The summed E-state index contributed by atoms with van der Waals surface area (Å²) in [7, 11) is -0.190. The Morgan fingerprint density at radius 1 is 0.958 bits per heavy atom. The van der Waals surface area contributed by atoms with Gasteiger partial charge in [0.1, 0.15) is 10.9 Å². The molecule has 1 aromatic carbocycles. The average molecular weight is 354 g/mol. The summed E-state index contributed by atoms with van der Waals surface area (Å²) >= 11 is 6.10. The maximum atomic E-state index is 6.10. The Kier molecular flexibility index (Phi) is 4.11. The lowest BCUT2D eigenvalue weighted by Crippen LogP contribution is -2.04. The zero-order valence-corrected chi connectivity index (χ0v) is 14.3. The number of benzene rings is 1. The molecule has 0 spiro atoms. The fraction of sp³-hybridized carbons (Fsp3) is 0.0556. The molecule has 3 aromatic heterocycles. The van der Waals surface area contributed by atoms with Gasteiger partial charge in [-0.1, -0.05) is 24.3 Å². The fourth-order valence-corrected chi connectivity index (χ4v) is 4.62. The van der Waals surface area contributed by atoms with Gasteiger partial charge in [-0.15, -0.1) is 0 Å². The van der Waals surface area contributed by atoms with Crippen molar-refractivity contribution in [3.05, 3.63) is 77.2 Å².